The van der Waals surface area contributed by atoms with Gasteiger partial charge in [0, 0.05) is 31.5 Å². The maximum atomic E-state index is 5.76. The lowest BCUT2D eigenvalue weighted by molar-refractivity contribution is 0.766. The van der Waals surface area contributed by atoms with Crippen molar-refractivity contribution in [1.82, 2.24) is 19.7 Å². The Morgan fingerprint density at radius 2 is 2.44 bits per heavy atom. The fourth-order valence-corrected chi connectivity index (χ4v) is 2.25. The summed E-state index contributed by atoms with van der Waals surface area (Å²) < 4.78 is 1.78. The minimum atomic E-state index is 0.184. The largest absolute Gasteiger partial charge is 0.329 e. The third-order valence-corrected chi connectivity index (χ3v) is 3.36. The van der Waals surface area contributed by atoms with Crippen LogP contribution in [0.15, 0.2) is 36.0 Å². The Hall–Kier alpha value is -1.40. The van der Waals surface area contributed by atoms with Crippen LogP contribution in [0.2, 0.25) is 0 Å². The summed E-state index contributed by atoms with van der Waals surface area (Å²) in [4.78, 5) is 8.05. The van der Waals surface area contributed by atoms with E-state index in [4.69, 9.17) is 5.73 Å². The SMILES string of the molecule is Cn1cc(C(CN)Sc2ccncn2)cn1. The van der Waals surface area contributed by atoms with Crippen LogP contribution in [0.4, 0.5) is 0 Å². The average molecular weight is 235 g/mol. The van der Waals surface area contributed by atoms with Gasteiger partial charge in [-0.05, 0) is 6.07 Å². The fraction of sp³-hybridized carbons (Fsp3) is 0.300. The van der Waals surface area contributed by atoms with Crippen LogP contribution in [-0.2, 0) is 7.05 Å². The molecule has 0 saturated heterocycles. The third-order valence-electron chi connectivity index (χ3n) is 2.13. The molecule has 0 fully saturated rings. The summed E-state index contributed by atoms with van der Waals surface area (Å²) in [6.07, 6.45) is 7.09. The highest BCUT2D eigenvalue weighted by Crippen LogP contribution is 2.32. The number of hydrogen-bond donors (Lipinski definition) is 1. The highest BCUT2D eigenvalue weighted by Gasteiger charge is 2.13. The minimum absolute atomic E-state index is 0.184. The van der Waals surface area contributed by atoms with E-state index in [0.29, 0.717) is 6.54 Å². The summed E-state index contributed by atoms with van der Waals surface area (Å²) in [7, 11) is 1.90. The van der Waals surface area contributed by atoms with E-state index in [1.54, 1.807) is 29.0 Å². The molecule has 2 N–H and O–H groups in total. The van der Waals surface area contributed by atoms with Gasteiger partial charge < -0.3 is 5.73 Å². The van der Waals surface area contributed by atoms with Gasteiger partial charge in [-0.25, -0.2) is 9.97 Å². The normalized spacial score (nSPS) is 12.6. The van der Waals surface area contributed by atoms with Gasteiger partial charge in [0.25, 0.3) is 0 Å². The first-order valence-electron chi connectivity index (χ1n) is 4.91. The van der Waals surface area contributed by atoms with E-state index >= 15 is 0 Å². The molecule has 0 saturated carbocycles. The summed E-state index contributed by atoms with van der Waals surface area (Å²) >= 11 is 1.63. The van der Waals surface area contributed by atoms with Crippen LogP contribution in [0, 0.1) is 0 Å². The average Bonchev–Trinajstić information content (AvgIpc) is 2.74. The van der Waals surface area contributed by atoms with Gasteiger partial charge in [0.2, 0.25) is 0 Å². The Kier molecular flexibility index (Phi) is 3.53. The molecule has 0 aliphatic heterocycles. The second kappa shape index (κ2) is 5.09. The number of nitrogens with zero attached hydrogens (tertiary/aromatic N) is 4. The van der Waals surface area contributed by atoms with Crippen molar-refractivity contribution in [1.29, 1.82) is 0 Å². The van der Waals surface area contributed by atoms with E-state index in [-0.39, 0.29) is 5.25 Å². The van der Waals surface area contributed by atoms with Gasteiger partial charge in [0.15, 0.2) is 0 Å². The zero-order valence-corrected chi connectivity index (χ0v) is 9.76. The smallest absolute Gasteiger partial charge is 0.116 e. The first-order valence-corrected chi connectivity index (χ1v) is 5.79. The van der Waals surface area contributed by atoms with Crippen LogP contribution in [0.3, 0.4) is 0 Å². The zero-order valence-electron chi connectivity index (χ0n) is 8.95. The van der Waals surface area contributed by atoms with Crippen molar-refractivity contribution in [3.63, 3.8) is 0 Å². The van der Waals surface area contributed by atoms with Gasteiger partial charge in [0.05, 0.1) is 16.5 Å². The van der Waals surface area contributed by atoms with E-state index in [9.17, 15) is 0 Å². The molecule has 2 rings (SSSR count). The molecule has 0 amide bonds. The Balaban J connectivity index is 2.12. The molecule has 6 heteroatoms. The lowest BCUT2D eigenvalue weighted by Gasteiger charge is -2.10. The van der Waals surface area contributed by atoms with Crippen molar-refractivity contribution < 1.29 is 0 Å². The summed E-state index contributed by atoms with van der Waals surface area (Å²) in [5.41, 5.74) is 6.88. The van der Waals surface area contributed by atoms with Crippen molar-refractivity contribution in [3.05, 3.63) is 36.5 Å². The molecular formula is C10H13N5S. The molecule has 5 nitrogen and oxygen atoms in total. The van der Waals surface area contributed by atoms with E-state index in [1.165, 1.54) is 0 Å². The summed E-state index contributed by atoms with van der Waals surface area (Å²) in [5, 5.41) is 5.25. The Morgan fingerprint density at radius 1 is 1.56 bits per heavy atom. The zero-order chi connectivity index (χ0) is 11.4. The van der Waals surface area contributed by atoms with Gasteiger partial charge in [-0.2, -0.15) is 5.10 Å². The first-order chi connectivity index (χ1) is 7.79. The number of hydrogen-bond acceptors (Lipinski definition) is 5. The van der Waals surface area contributed by atoms with Crippen LogP contribution in [0.1, 0.15) is 10.8 Å². The van der Waals surface area contributed by atoms with Crippen molar-refractivity contribution >= 4 is 11.8 Å². The number of thioether (sulfide) groups is 1. The van der Waals surface area contributed by atoms with Crippen molar-refractivity contribution in [3.8, 4) is 0 Å². The maximum Gasteiger partial charge on any atom is 0.116 e. The molecule has 2 aromatic rings. The van der Waals surface area contributed by atoms with Crippen LogP contribution >= 0.6 is 11.8 Å². The van der Waals surface area contributed by atoms with Gasteiger partial charge in [-0.3, -0.25) is 4.68 Å². The number of rotatable bonds is 4. The molecule has 0 aliphatic rings. The van der Waals surface area contributed by atoms with Gasteiger partial charge in [0.1, 0.15) is 6.33 Å². The summed E-state index contributed by atoms with van der Waals surface area (Å²) in [6, 6.07) is 1.88. The molecule has 16 heavy (non-hydrogen) atoms. The van der Waals surface area contributed by atoms with E-state index in [0.717, 1.165) is 10.6 Å². The molecule has 84 valence electrons. The van der Waals surface area contributed by atoms with E-state index < -0.39 is 0 Å². The lowest BCUT2D eigenvalue weighted by atomic mass is 10.2. The number of aromatic nitrogens is 4. The minimum Gasteiger partial charge on any atom is -0.329 e. The van der Waals surface area contributed by atoms with Crippen LogP contribution in [-0.4, -0.2) is 26.3 Å². The van der Waals surface area contributed by atoms with Crippen molar-refractivity contribution in [2.45, 2.75) is 10.3 Å². The Morgan fingerprint density at radius 3 is 3.00 bits per heavy atom. The molecule has 0 aromatic carbocycles. The molecule has 2 aromatic heterocycles. The third kappa shape index (κ3) is 2.59. The van der Waals surface area contributed by atoms with Gasteiger partial charge >= 0.3 is 0 Å². The van der Waals surface area contributed by atoms with Gasteiger partial charge in [-0.1, -0.05) is 11.8 Å². The fourth-order valence-electron chi connectivity index (χ4n) is 1.35. The topological polar surface area (TPSA) is 69.6 Å². The molecule has 0 bridgehead atoms. The molecule has 2 heterocycles. The van der Waals surface area contributed by atoms with Gasteiger partial charge in [-0.15, -0.1) is 0 Å². The van der Waals surface area contributed by atoms with Crippen LogP contribution < -0.4 is 5.73 Å². The first kappa shape index (κ1) is 11.1. The second-order valence-electron chi connectivity index (χ2n) is 3.34. The monoisotopic (exact) mass is 235 g/mol. The summed E-state index contributed by atoms with van der Waals surface area (Å²) in [6.45, 7) is 0.556. The second-order valence-corrected chi connectivity index (χ2v) is 4.56. The predicted molar refractivity (Wildman–Crippen MR) is 62.9 cm³/mol. The Bertz CT molecular complexity index is 441. The molecule has 0 spiro atoms. The Labute approximate surface area is 98.1 Å². The van der Waals surface area contributed by atoms with Crippen molar-refractivity contribution in [2.75, 3.05) is 6.54 Å². The molecule has 0 aliphatic carbocycles. The van der Waals surface area contributed by atoms with E-state index in [2.05, 4.69) is 15.1 Å². The number of nitrogens with two attached hydrogens (primary N) is 1. The maximum absolute atomic E-state index is 5.76. The molecule has 1 unspecified atom stereocenters. The van der Waals surface area contributed by atoms with Crippen molar-refractivity contribution in [2.24, 2.45) is 12.8 Å². The van der Waals surface area contributed by atoms with E-state index in [1.807, 2.05) is 25.5 Å². The molecule has 1 atom stereocenters. The highest BCUT2D eigenvalue weighted by atomic mass is 32.2. The molecular weight excluding hydrogens is 222 g/mol. The standard InChI is InChI=1S/C10H13N5S/c1-15-6-8(5-14-15)9(4-11)16-10-2-3-12-7-13-10/h2-3,5-7,9H,4,11H2,1H3. The highest BCUT2D eigenvalue weighted by molar-refractivity contribution is 7.99. The lowest BCUT2D eigenvalue weighted by Crippen LogP contribution is -2.09. The predicted octanol–water partition coefficient (Wildman–Crippen LogP) is 1.00. The summed E-state index contributed by atoms with van der Waals surface area (Å²) in [5.74, 6) is 0. The number of aryl methyl sites for hydroxylation is 1. The van der Waals surface area contributed by atoms with Crippen LogP contribution in [0.5, 0.6) is 0 Å². The quantitative estimate of drug-likeness (QED) is 0.632. The van der Waals surface area contributed by atoms with Crippen LogP contribution in [0.25, 0.3) is 0 Å². The molecule has 0 radical (unpaired) electrons.